The van der Waals surface area contributed by atoms with Gasteiger partial charge in [-0.3, -0.25) is 0 Å². The van der Waals surface area contributed by atoms with E-state index in [2.05, 4.69) is 28.7 Å². The number of nitrogens with zero attached hydrogens (tertiary/aromatic N) is 3. The fraction of sp³-hybridized carbons (Fsp3) is 0.714. The molecule has 0 aliphatic carbocycles. The first kappa shape index (κ1) is 16.2. The number of anilines is 1. The second kappa shape index (κ2) is 6.72. The van der Waals surface area contributed by atoms with E-state index in [0.717, 1.165) is 13.1 Å². The number of rotatable bonds is 5. The molecule has 1 saturated heterocycles. The maximum Gasteiger partial charge on any atom is 0.494 e. The summed E-state index contributed by atoms with van der Waals surface area (Å²) in [6.07, 6.45) is 3.25. The van der Waals surface area contributed by atoms with Crippen LogP contribution in [-0.2, 0) is 9.39 Å². The first-order chi connectivity index (χ1) is 9.90. The lowest BCUT2D eigenvalue weighted by atomic mass is 9.79. The molecule has 0 saturated carbocycles. The lowest BCUT2D eigenvalue weighted by molar-refractivity contribution is 0.0423. The van der Waals surface area contributed by atoms with Gasteiger partial charge in [-0.25, -0.2) is 9.97 Å². The summed E-state index contributed by atoms with van der Waals surface area (Å²) in [6, 6.07) is 0. The van der Waals surface area contributed by atoms with Crippen LogP contribution in [0.25, 0.3) is 0 Å². The van der Waals surface area contributed by atoms with Crippen molar-refractivity contribution >= 4 is 18.5 Å². The monoisotopic (exact) mass is 293 g/mol. The second-order valence-corrected chi connectivity index (χ2v) is 6.14. The Morgan fingerprint density at radius 2 is 1.86 bits per heavy atom. The summed E-state index contributed by atoms with van der Waals surface area (Å²) in [5.74, 6) is 0.957. The van der Waals surface area contributed by atoms with Crippen molar-refractivity contribution in [2.75, 3.05) is 31.2 Å². The first-order valence-electron chi connectivity index (χ1n) is 7.40. The molecule has 0 amide bonds. The zero-order chi connectivity index (χ0) is 15.5. The smallest absolute Gasteiger partial charge is 0.423 e. The molecule has 0 radical (unpaired) electrons. The van der Waals surface area contributed by atoms with E-state index in [9.17, 15) is 5.02 Å². The minimum absolute atomic E-state index is 0.292. The van der Waals surface area contributed by atoms with E-state index >= 15 is 0 Å². The Morgan fingerprint density at radius 1 is 1.29 bits per heavy atom. The molecule has 1 aliphatic rings. The standard InChI is InChI=1S/C14H24BN3O3/c1-11(2)14(3,4)21-15(19)12-9-16-13(17-10-12)18-5-7-20-8-6-18/h9-11,19H,5-8H2,1-4H3. The molecule has 1 N–H and O–H groups in total. The minimum Gasteiger partial charge on any atom is -0.423 e. The van der Waals surface area contributed by atoms with E-state index in [0.29, 0.717) is 30.5 Å². The van der Waals surface area contributed by atoms with Crippen LogP contribution < -0.4 is 10.4 Å². The molecule has 6 nitrogen and oxygen atoms in total. The zero-order valence-electron chi connectivity index (χ0n) is 13.2. The van der Waals surface area contributed by atoms with Gasteiger partial charge in [-0.2, -0.15) is 0 Å². The third-order valence-corrected chi connectivity index (χ3v) is 4.04. The topological polar surface area (TPSA) is 67.7 Å². The molecular formula is C14H24BN3O3. The number of morpholine rings is 1. The van der Waals surface area contributed by atoms with E-state index in [1.54, 1.807) is 12.4 Å². The number of aromatic nitrogens is 2. The Kier molecular flexibility index (Phi) is 5.19. The van der Waals surface area contributed by atoms with Gasteiger partial charge >= 0.3 is 7.12 Å². The summed E-state index contributed by atoms with van der Waals surface area (Å²) in [5, 5.41) is 10.2. The number of hydrogen-bond donors (Lipinski definition) is 1. The molecule has 1 aromatic heterocycles. The normalized spacial score (nSPS) is 16.4. The fourth-order valence-corrected chi connectivity index (χ4v) is 1.88. The predicted octanol–water partition coefficient (Wildman–Crippen LogP) is 0.452. The van der Waals surface area contributed by atoms with E-state index in [4.69, 9.17) is 9.39 Å². The van der Waals surface area contributed by atoms with Crippen molar-refractivity contribution in [1.82, 2.24) is 9.97 Å². The van der Waals surface area contributed by atoms with Gasteiger partial charge in [-0.15, -0.1) is 0 Å². The SMILES string of the molecule is CC(C)C(C)(C)OB(O)c1cnc(N2CCOCC2)nc1. The van der Waals surface area contributed by atoms with E-state index in [-0.39, 0.29) is 0 Å². The molecule has 0 bridgehead atoms. The Balaban J connectivity index is 2.01. The van der Waals surface area contributed by atoms with E-state index < -0.39 is 12.7 Å². The number of hydrogen-bond acceptors (Lipinski definition) is 6. The van der Waals surface area contributed by atoms with Crippen LogP contribution in [0.1, 0.15) is 27.7 Å². The maximum atomic E-state index is 10.2. The number of ether oxygens (including phenoxy) is 1. The van der Waals surface area contributed by atoms with Gasteiger partial charge in [0.05, 0.1) is 18.8 Å². The lowest BCUT2D eigenvalue weighted by Gasteiger charge is -2.31. The molecule has 7 heteroatoms. The van der Waals surface area contributed by atoms with Gasteiger partial charge in [0.25, 0.3) is 0 Å². The van der Waals surface area contributed by atoms with Crippen LogP contribution in [0, 0.1) is 5.92 Å². The lowest BCUT2D eigenvalue weighted by Crippen LogP contribution is -2.45. The van der Waals surface area contributed by atoms with Crippen LogP contribution in [0.15, 0.2) is 12.4 Å². The average molecular weight is 293 g/mol. The van der Waals surface area contributed by atoms with Gasteiger partial charge < -0.3 is 19.3 Å². The highest BCUT2D eigenvalue weighted by molar-refractivity contribution is 6.59. The van der Waals surface area contributed by atoms with Crippen molar-refractivity contribution in [2.45, 2.75) is 33.3 Å². The van der Waals surface area contributed by atoms with Crippen LogP contribution in [-0.4, -0.2) is 54.0 Å². The summed E-state index contributed by atoms with van der Waals surface area (Å²) >= 11 is 0. The summed E-state index contributed by atoms with van der Waals surface area (Å²) < 4.78 is 11.0. The molecule has 1 aromatic rings. The fourth-order valence-electron chi connectivity index (χ4n) is 1.88. The van der Waals surface area contributed by atoms with Crippen molar-refractivity contribution in [3.05, 3.63) is 12.4 Å². The van der Waals surface area contributed by atoms with Crippen LogP contribution >= 0.6 is 0 Å². The van der Waals surface area contributed by atoms with Gasteiger partial charge in [0.15, 0.2) is 0 Å². The highest BCUT2D eigenvalue weighted by Crippen LogP contribution is 2.20. The molecule has 2 rings (SSSR count). The Labute approximate surface area is 126 Å². The Morgan fingerprint density at radius 3 is 2.38 bits per heavy atom. The van der Waals surface area contributed by atoms with E-state index in [1.807, 2.05) is 13.8 Å². The van der Waals surface area contributed by atoms with Crippen molar-refractivity contribution in [1.29, 1.82) is 0 Å². The summed E-state index contributed by atoms with van der Waals surface area (Å²) in [4.78, 5) is 10.7. The molecule has 21 heavy (non-hydrogen) atoms. The minimum atomic E-state index is -1.01. The van der Waals surface area contributed by atoms with Gasteiger partial charge in [0.2, 0.25) is 5.95 Å². The molecule has 0 unspecified atom stereocenters. The average Bonchev–Trinajstić information content (AvgIpc) is 2.48. The third-order valence-electron chi connectivity index (χ3n) is 4.04. The highest BCUT2D eigenvalue weighted by Gasteiger charge is 2.30. The molecule has 1 fully saturated rings. The van der Waals surface area contributed by atoms with Crippen molar-refractivity contribution in [3.8, 4) is 0 Å². The quantitative estimate of drug-likeness (QED) is 0.795. The van der Waals surface area contributed by atoms with Gasteiger partial charge in [-0.05, 0) is 19.8 Å². The third kappa shape index (κ3) is 4.15. The van der Waals surface area contributed by atoms with E-state index in [1.165, 1.54) is 0 Å². The molecule has 2 heterocycles. The highest BCUT2D eigenvalue weighted by atomic mass is 16.5. The van der Waals surface area contributed by atoms with Crippen molar-refractivity contribution in [3.63, 3.8) is 0 Å². The van der Waals surface area contributed by atoms with Gasteiger partial charge in [-0.1, -0.05) is 13.8 Å². The summed E-state index contributed by atoms with van der Waals surface area (Å²) in [6.45, 7) is 11.0. The van der Waals surface area contributed by atoms with Crippen LogP contribution in [0.2, 0.25) is 0 Å². The molecule has 0 spiro atoms. The molecular weight excluding hydrogens is 269 g/mol. The van der Waals surface area contributed by atoms with Crippen LogP contribution in [0.5, 0.6) is 0 Å². The largest absolute Gasteiger partial charge is 0.494 e. The molecule has 0 aromatic carbocycles. The zero-order valence-corrected chi connectivity index (χ0v) is 13.2. The summed E-state index contributed by atoms with van der Waals surface area (Å²) in [5.41, 5.74) is 0.156. The van der Waals surface area contributed by atoms with Crippen molar-refractivity contribution in [2.24, 2.45) is 5.92 Å². The van der Waals surface area contributed by atoms with Gasteiger partial charge in [0.1, 0.15) is 0 Å². The van der Waals surface area contributed by atoms with Gasteiger partial charge in [0, 0.05) is 30.9 Å². The Hall–Kier alpha value is -1.18. The predicted molar refractivity (Wildman–Crippen MR) is 82.7 cm³/mol. The first-order valence-corrected chi connectivity index (χ1v) is 7.40. The second-order valence-electron chi connectivity index (χ2n) is 6.14. The van der Waals surface area contributed by atoms with Crippen molar-refractivity contribution < 1.29 is 14.4 Å². The van der Waals surface area contributed by atoms with Crippen LogP contribution in [0.3, 0.4) is 0 Å². The molecule has 0 atom stereocenters. The molecule has 1 aliphatic heterocycles. The Bertz CT molecular complexity index is 447. The summed E-state index contributed by atoms with van der Waals surface area (Å²) in [7, 11) is -1.01. The maximum absolute atomic E-state index is 10.2. The van der Waals surface area contributed by atoms with Crippen LogP contribution in [0.4, 0.5) is 5.95 Å². The molecule has 116 valence electrons.